The third kappa shape index (κ3) is 1.23. The monoisotopic (exact) mass is 205 g/mol. The Kier molecular flexibility index (Phi) is 1.77. The number of azo groups is 1. The lowest BCUT2D eigenvalue weighted by atomic mass is 9.90. The van der Waals surface area contributed by atoms with Crippen molar-refractivity contribution in [3.05, 3.63) is 35.6 Å². The molecule has 2 atom stereocenters. The summed E-state index contributed by atoms with van der Waals surface area (Å²) in [4.78, 5) is 0. The van der Waals surface area contributed by atoms with Crippen molar-refractivity contribution in [1.82, 2.24) is 5.32 Å². The molecule has 2 heterocycles. The van der Waals surface area contributed by atoms with Crippen molar-refractivity contribution in [1.29, 1.82) is 0 Å². The molecule has 2 aliphatic heterocycles. The quantitative estimate of drug-likeness (QED) is 0.701. The van der Waals surface area contributed by atoms with Crippen LogP contribution in [0.5, 0.6) is 0 Å². The molecule has 78 valence electrons. The van der Waals surface area contributed by atoms with E-state index in [-0.39, 0.29) is 12.0 Å². The van der Waals surface area contributed by atoms with Gasteiger partial charge in [-0.05, 0) is 12.2 Å². The van der Waals surface area contributed by atoms with Gasteiger partial charge in [0.1, 0.15) is 6.04 Å². The first-order chi connectivity index (χ1) is 7.38. The first-order valence-electron chi connectivity index (χ1n) is 4.86. The van der Waals surface area contributed by atoms with E-state index in [0.717, 1.165) is 17.2 Å². The molecule has 1 N–H and O–H groups in total. The maximum Gasteiger partial charge on any atom is 0.231 e. The Bertz CT molecular complexity index is 409. The molecule has 0 spiro atoms. The van der Waals surface area contributed by atoms with Gasteiger partial charge in [-0.3, -0.25) is 0 Å². The molecule has 0 amide bonds. The molecule has 0 saturated carbocycles. The van der Waals surface area contributed by atoms with Crippen LogP contribution in [-0.4, -0.2) is 19.9 Å². The zero-order valence-electron chi connectivity index (χ0n) is 8.30. The van der Waals surface area contributed by atoms with E-state index in [1.165, 1.54) is 0 Å². The lowest BCUT2D eigenvalue weighted by molar-refractivity contribution is 0.0977. The van der Waals surface area contributed by atoms with Crippen LogP contribution in [0.4, 0.5) is 0 Å². The number of ether oxygens (including phenoxy) is 2. The molecule has 0 aromatic carbocycles. The van der Waals surface area contributed by atoms with Gasteiger partial charge in [-0.1, -0.05) is 0 Å². The minimum Gasteiger partial charge on any atom is -0.454 e. The maximum absolute atomic E-state index is 5.34. The predicted molar refractivity (Wildman–Crippen MR) is 52.5 cm³/mol. The molecule has 1 fully saturated rings. The molecule has 5 heteroatoms. The van der Waals surface area contributed by atoms with Gasteiger partial charge in [0.2, 0.25) is 6.79 Å². The zero-order chi connectivity index (χ0) is 10.3. The molecule has 0 radical (unpaired) electrons. The standard InChI is InChI=1S/C10H11N3O2/c1-11-8-4-12-13-7-3-10-9(2-6(7)8)14-5-15-10/h2-4,6-7,11H,5H2,1H3. The molecule has 2 unspecified atom stereocenters. The molecule has 15 heavy (non-hydrogen) atoms. The van der Waals surface area contributed by atoms with Crippen molar-refractivity contribution in [2.24, 2.45) is 16.1 Å². The van der Waals surface area contributed by atoms with Crippen LogP contribution >= 0.6 is 0 Å². The Morgan fingerprint density at radius 2 is 2.13 bits per heavy atom. The summed E-state index contributed by atoms with van der Waals surface area (Å²) >= 11 is 0. The summed E-state index contributed by atoms with van der Waals surface area (Å²) in [6.07, 6.45) is 5.74. The van der Waals surface area contributed by atoms with Crippen LogP contribution in [-0.2, 0) is 9.47 Å². The number of rotatable bonds is 1. The summed E-state index contributed by atoms with van der Waals surface area (Å²) in [5, 5.41) is 11.2. The highest BCUT2D eigenvalue weighted by atomic mass is 16.7. The zero-order valence-corrected chi connectivity index (χ0v) is 8.30. The molecular weight excluding hydrogens is 194 g/mol. The smallest absolute Gasteiger partial charge is 0.231 e. The molecular formula is C10H11N3O2. The summed E-state index contributed by atoms with van der Waals surface area (Å²) in [6, 6.07) is 0.0258. The van der Waals surface area contributed by atoms with E-state index in [1.54, 1.807) is 6.20 Å². The van der Waals surface area contributed by atoms with E-state index in [0.29, 0.717) is 6.79 Å². The topological polar surface area (TPSA) is 55.2 Å². The minimum atomic E-state index is 0.0258. The first-order valence-corrected chi connectivity index (χ1v) is 4.86. The third-order valence-corrected chi connectivity index (χ3v) is 2.74. The Labute approximate surface area is 87.2 Å². The van der Waals surface area contributed by atoms with Gasteiger partial charge in [-0.25, -0.2) is 0 Å². The predicted octanol–water partition coefficient (Wildman–Crippen LogP) is 1.28. The highest BCUT2D eigenvalue weighted by Gasteiger charge is 2.33. The number of hydrogen-bond donors (Lipinski definition) is 1. The largest absolute Gasteiger partial charge is 0.454 e. The molecule has 3 rings (SSSR count). The van der Waals surface area contributed by atoms with Crippen LogP contribution in [0.15, 0.2) is 45.8 Å². The van der Waals surface area contributed by atoms with E-state index < -0.39 is 0 Å². The van der Waals surface area contributed by atoms with Gasteiger partial charge in [0.05, 0.1) is 12.1 Å². The van der Waals surface area contributed by atoms with Crippen LogP contribution in [0.1, 0.15) is 0 Å². The SMILES string of the molecule is CNC1=CN=NC2C=C3OCOC3=CC12. The normalized spacial score (nSPS) is 31.4. The molecule has 1 aliphatic carbocycles. The van der Waals surface area contributed by atoms with Crippen molar-refractivity contribution >= 4 is 0 Å². The van der Waals surface area contributed by atoms with E-state index in [1.807, 2.05) is 19.2 Å². The van der Waals surface area contributed by atoms with Gasteiger partial charge >= 0.3 is 0 Å². The second-order valence-corrected chi connectivity index (χ2v) is 3.55. The number of fused-ring (bicyclic) bond motifs is 2. The summed E-state index contributed by atoms with van der Waals surface area (Å²) in [5.41, 5.74) is 1.05. The average molecular weight is 205 g/mol. The molecule has 0 bridgehead atoms. The number of nitrogens with zero attached hydrogens (tertiary/aromatic N) is 2. The van der Waals surface area contributed by atoms with Gasteiger partial charge in [0, 0.05) is 12.7 Å². The molecule has 5 nitrogen and oxygen atoms in total. The van der Waals surface area contributed by atoms with Gasteiger partial charge in [0.25, 0.3) is 0 Å². The van der Waals surface area contributed by atoms with Crippen molar-refractivity contribution in [2.45, 2.75) is 6.04 Å². The fourth-order valence-electron chi connectivity index (χ4n) is 1.95. The molecule has 1 saturated heterocycles. The van der Waals surface area contributed by atoms with Gasteiger partial charge in [-0.2, -0.15) is 10.2 Å². The van der Waals surface area contributed by atoms with Crippen molar-refractivity contribution in [3.63, 3.8) is 0 Å². The molecule has 0 aromatic rings. The third-order valence-electron chi connectivity index (χ3n) is 2.74. The summed E-state index contributed by atoms with van der Waals surface area (Å²) in [7, 11) is 1.88. The van der Waals surface area contributed by atoms with E-state index in [2.05, 4.69) is 15.5 Å². The van der Waals surface area contributed by atoms with Crippen molar-refractivity contribution < 1.29 is 9.47 Å². The number of hydrogen-bond acceptors (Lipinski definition) is 5. The van der Waals surface area contributed by atoms with E-state index in [4.69, 9.17) is 9.47 Å². The van der Waals surface area contributed by atoms with Crippen molar-refractivity contribution in [3.8, 4) is 0 Å². The van der Waals surface area contributed by atoms with Crippen LogP contribution in [0.25, 0.3) is 0 Å². The average Bonchev–Trinajstić information content (AvgIpc) is 2.72. The Morgan fingerprint density at radius 3 is 2.93 bits per heavy atom. The van der Waals surface area contributed by atoms with Gasteiger partial charge in [0.15, 0.2) is 11.5 Å². The van der Waals surface area contributed by atoms with Crippen LogP contribution in [0, 0.1) is 5.92 Å². The summed E-state index contributed by atoms with van der Waals surface area (Å²) in [6.45, 7) is 0.298. The van der Waals surface area contributed by atoms with Crippen LogP contribution < -0.4 is 5.32 Å². The Morgan fingerprint density at radius 1 is 1.33 bits per heavy atom. The second-order valence-electron chi connectivity index (χ2n) is 3.55. The lowest BCUT2D eigenvalue weighted by Gasteiger charge is -2.25. The fraction of sp³-hybridized carbons (Fsp3) is 0.400. The molecule has 3 aliphatic rings. The first kappa shape index (κ1) is 8.52. The second kappa shape index (κ2) is 3.12. The van der Waals surface area contributed by atoms with Gasteiger partial charge < -0.3 is 14.8 Å². The van der Waals surface area contributed by atoms with E-state index >= 15 is 0 Å². The summed E-state index contributed by atoms with van der Waals surface area (Å²) < 4.78 is 10.6. The maximum atomic E-state index is 5.34. The van der Waals surface area contributed by atoms with Gasteiger partial charge in [-0.15, -0.1) is 0 Å². The van der Waals surface area contributed by atoms with E-state index in [9.17, 15) is 0 Å². The Hall–Kier alpha value is -1.78. The number of nitrogens with one attached hydrogen (secondary N) is 1. The highest BCUT2D eigenvalue weighted by molar-refractivity contribution is 5.35. The lowest BCUT2D eigenvalue weighted by Crippen LogP contribution is -2.28. The highest BCUT2D eigenvalue weighted by Crippen LogP contribution is 2.35. The Balaban J connectivity index is 1.98. The van der Waals surface area contributed by atoms with Crippen molar-refractivity contribution in [2.75, 3.05) is 13.8 Å². The molecule has 0 aromatic heterocycles. The summed E-state index contributed by atoms with van der Waals surface area (Å²) in [5.74, 6) is 1.79. The van der Waals surface area contributed by atoms with Crippen LogP contribution in [0.3, 0.4) is 0 Å². The van der Waals surface area contributed by atoms with Crippen LogP contribution in [0.2, 0.25) is 0 Å². The fourth-order valence-corrected chi connectivity index (χ4v) is 1.95. The minimum absolute atomic E-state index is 0.0258.